The number of methoxy groups -OCH3 is 1. The van der Waals surface area contributed by atoms with Gasteiger partial charge in [0.15, 0.2) is 0 Å². The largest absolute Gasteiger partial charge is 0.416 e. The Hall–Kier alpha value is -1.76. The summed E-state index contributed by atoms with van der Waals surface area (Å²) in [6.07, 6.45) is 0.747. The second-order valence-corrected chi connectivity index (χ2v) is 7.01. The van der Waals surface area contributed by atoms with E-state index in [1.54, 1.807) is 12.0 Å². The maximum atomic E-state index is 12.8. The fourth-order valence-electron chi connectivity index (χ4n) is 4.25. The summed E-state index contributed by atoms with van der Waals surface area (Å²) in [7, 11) is 1.71. The molecule has 2 fully saturated rings. The second kappa shape index (κ2) is 6.86. The standard InChI is InChI=1S/C18H23F3N2O2/c1-25-15-7-3-8-17(15)9-4-10-23(12-17)16(24)22-14-6-2-5-13(11-14)18(19,20)21/h2,5-6,11,15H,3-4,7-10,12H2,1H3,(H,22,24)/t15-,17-/m1/s1. The van der Waals surface area contributed by atoms with Crippen molar-refractivity contribution in [2.24, 2.45) is 5.41 Å². The van der Waals surface area contributed by atoms with Crippen molar-refractivity contribution in [1.29, 1.82) is 0 Å². The number of urea groups is 1. The van der Waals surface area contributed by atoms with Gasteiger partial charge in [0.1, 0.15) is 0 Å². The van der Waals surface area contributed by atoms with Crippen LogP contribution < -0.4 is 5.32 Å². The van der Waals surface area contributed by atoms with Crippen molar-refractivity contribution in [3.8, 4) is 0 Å². The quantitative estimate of drug-likeness (QED) is 0.847. The molecule has 138 valence electrons. The van der Waals surface area contributed by atoms with Crippen LogP contribution in [0.15, 0.2) is 24.3 Å². The molecule has 1 N–H and O–H groups in total. The molecule has 25 heavy (non-hydrogen) atoms. The number of anilines is 1. The van der Waals surface area contributed by atoms with E-state index in [0.29, 0.717) is 13.1 Å². The average Bonchev–Trinajstić information content (AvgIpc) is 2.96. The minimum Gasteiger partial charge on any atom is -0.381 e. The van der Waals surface area contributed by atoms with Crippen LogP contribution in [0.4, 0.5) is 23.7 Å². The van der Waals surface area contributed by atoms with Crippen LogP contribution in [0, 0.1) is 5.41 Å². The molecule has 1 saturated carbocycles. The number of ether oxygens (including phenoxy) is 1. The van der Waals surface area contributed by atoms with Crippen LogP contribution >= 0.6 is 0 Å². The maximum Gasteiger partial charge on any atom is 0.416 e. The van der Waals surface area contributed by atoms with E-state index in [4.69, 9.17) is 4.74 Å². The van der Waals surface area contributed by atoms with E-state index < -0.39 is 11.7 Å². The fourth-order valence-corrected chi connectivity index (χ4v) is 4.25. The maximum absolute atomic E-state index is 12.8. The highest BCUT2D eigenvalue weighted by Crippen LogP contribution is 2.46. The number of benzene rings is 1. The SMILES string of the molecule is CO[C@@H]1CCC[C@]12CCCN(C(=O)Nc1cccc(C(F)(F)F)c1)C2. The van der Waals surface area contributed by atoms with E-state index in [0.717, 1.165) is 44.2 Å². The van der Waals surface area contributed by atoms with Gasteiger partial charge in [0.05, 0.1) is 11.7 Å². The lowest BCUT2D eigenvalue weighted by atomic mass is 9.76. The predicted molar refractivity (Wildman–Crippen MR) is 88.4 cm³/mol. The number of piperidine rings is 1. The molecule has 1 saturated heterocycles. The van der Waals surface area contributed by atoms with Crippen molar-refractivity contribution in [3.05, 3.63) is 29.8 Å². The van der Waals surface area contributed by atoms with Gasteiger partial charge in [-0.15, -0.1) is 0 Å². The fraction of sp³-hybridized carbons (Fsp3) is 0.611. The van der Waals surface area contributed by atoms with Gasteiger partial charge in [-0.1, -0.05) is 12.5 Å². The first-order chi connectivity index (χ1) is 11.8. The average molecular weight is 356 g/mol. The Kier molecular flexibility index (Phi) is 4.95. The Bertz CT molecular complexity index is 635. The third kappa shape index (κ3) is 3.76. The van der Waals surface area contributed by atoms with Gasteiger partial charge in [-0.05, 0) is 43.9 Å². The highest BCUT2D eigenvalue weighted by atomic mass is 19.4. The number of likely N-dealkylation sites (tertiary alicyclic amines) is 1. The lowest BCUT2D eigenvalue weighted by Crippen LogP contribution is -2.51. The number of hydrogen-bond donors (Lipinski definition) is 1. The highest BCUT2D eigenvalue weighted by Gasteiger charge is 2.46. The summed E-state index contributed by atoms with van der Waals surface area (Å²) in [5.41, 5.74) is -0.622. The summed E-state index contributed by atoms with van der Waals surface area (Å²) in [5, 5.41) is 2.61. The highest BCUT2D eigenvalue weighted by molar-refractivity contribution is 5.89. The van der Waals surface area contributed by atoms with E-state index in [-0.39, 0.29) is 23.2 Å². The summed E-state index contributed by atoms with van der Waals surface area (Å²) < 4.78 is 44.0. The number of alkyl halides is 3. The predicted octanol–water partition coefficient (Wildman–Crippen LogP) is 4.52. The van der Waals surface area contributed by atoms with Crippen LogP contribution in [-0.4, -0.2) is 37.2 Å². The van der Waals surface area contributed by atoms with Crippen molar-refractivity contribution in [2.75, 3.05) is 25.5 Å². The second-order valence-electron chi connectivity index (χ2n) is 7.01. The first-order valence-electron chi connectivity index (χ1n) is 8.60. The van der Waals surface area contributed by atoms with Crippen LogP contribution in [0.3, 0.4) is 0 Å². The molecule has 1 spiro atoms. The van der Waals surface area contributed by atoms with Gasteiger partial charge in [0, 0.05) is 31.3 Å². The topological polar surface area (TPSA) is 41.6 Å². The molecule has 2 atom stereocenters. The molecule has 1 aromatic rings. The summed E-state index contributed by atoms with van der Waals surface area (Å²) in [4.78, 5) is 14.3. The molecule has 3 rings (SSSR count). The first kappa shape index (κ1) is 18.0. The smallest absolute Gasteiger partial charge is 0.381 e. The Morgan fingerprint density at radius 1 is 1.32 bits per heavy atom. The Morgan fingerprint density at radius 3 is 2.80 bits per heavy atom. The third-order valence-corrected chi connectivity index (χ3v) is 5.45. The van der Waals surface area contributed by atoms with E-state index in [1.165, 1.54) is 12.1 Å². The number of amides is 2. The van der Waals surface area contributed by atoms with Gasteiger partial charge < -0.3 is 15.0 Å². The zero-order valence-electron chi connectivity index (χ0n) is 14.2. The molecule has 0 unspecified atom stereocenters. The van der Waals surface area contributed by atoms with Crippen molar-refractivity contribution in [1.82, 2.24) is 4.90 Å². The summed E-state index contributed by atoms with van der Waals surface area (Å²) in [6.45, 7) is 1.21. The summed E-state index contributed by atoms with van der Waals surface area (Å²) in [6, 6.07) is 4.38. The van der Waals surface area contributed by atoms with E-state index in [9.17, 15) is 18.0 Å². The molecular formula is C18H23F3N2O2. The molecule has 4 nitrogen and oxygen atoms in total. The molecule has 1 aliphatic heterocycles. The zero-order chi connectivity index (χ0) is 18.1. The molecule has 0 aromatic heterocycles. The van der Waals surface area contributed by atoms with E-state index in [1.807, 2.05) is 0 Å². The molecule has 7 heteroatoms. The molecular weight excluding hydrogens is 333 g/mol. The lowest BCUT2D eigenvalue weighted by Gasteiger charge is -2.43. The molecule has 2 amide bonds. The van der Waals surface area contributed by atoms with Gasteiger partial charge in [-0.3, -0.25) is 0 Å². The van der Waals surface area contributed by atoms with Crippen LogP contribution in [0.5, 0.6) is 0 Å². The Balaban J connectivity index is 1.69. The van der Waals surface area contributed by atoms with Crippen LogP contribution in [0.2, 0.25) is 0 Å². The normalized spacial score (nSPS) is 26.9. The molecule has 1 aromatic carbocycles. The van der Waals surface area contributed by atoms with Gasteiger partial charge in [-0.25, -0.2) is 4.79 Å². The monoisotopic (exact) mass is 356 g/mol. The lowest BCUT2D eigenvalue weighted by molar-refractivity contribution is -0.137. The zero-order valence-corrected chi connectivity index (χ0v) is 14.2. The molecule has 2 aliphatic rings. The Morgan fingerprint density at radius 2 is 2.08 bits per heavy atom. The van der Waals surface area contributed by atoms with Crippen molar-refractivity contribution < 1.29 is 22.7 Å². The van der Waals surface area contributed by atoms with Crippen molar-refractivity contribution >= 4 is 11.7 Å². The van der Waals surface area contributed by atoms with Crippen LogP contribution in [-0.2, 0) is 10.9 Å². The Labute approximate surface area is 145 Å². The van der Waals surface area contributed by atoms with Gasteiger partial charge in [0.2, 0.25) is 0 Å². The molecule has 0 radical (unpaired) electrons. The van der Waals surface area contributed by atoms with E-state index in [2.05, 4.69) is 5.32 Å². The minimum absolute atomic E-state index is 0.0157. The summed E-state index contributed by atoms with van der Waals surface area (Å²) in [5.74, 6) is 0. The number of nitrogens with zero attached hydrogens (tertiary/aromatic N) is 1. The number of hydrogen-bond acceptors (Lipinski definition) is 2. The van der Waals surface area contributed by atoms with E-state index >= 15 is 0 Å². The number of carbonyl (C=O) groups is 1. The number of rotatable bonds is 2. The number of halogens is 3. The molecule has 1 aliphatic carbocycles. The molecule has 1 heterocycles. The van der Waals surface area contributed by atoms with Crippen molar-refractivity contribution in [3.63, 3.8) is 0 Å². The molecule has 0 bridgehead atoms. The van der Waals surface area contributed by atoms with Crippen LogP contribution in [0.1, 0.15) is 37.7 Å². The van der Waals surface area contributed by atoms with Gasteiger partial charge >= 0.3 is 12.2 Å². The number of carbonyl (C=O) groups excluding carboxylic acids is 1. The number of nitrogens with one attached hydrogen (secondary N) is 1. The summed E-state index contributed by atoms with van der Waals surface area (Å²) >= 11 is 0. The third-order valence-electron chi connectivity index (χ3n) is 5.45. The minimum atomic E-state index is -4.43. The first-order valence-corrected chi connectivity index (χ1v) is 8.60. The van der Waals surface area contributed by atoms with Crippen molar-refractivity contribution in [2.45, 2.75) is 44.4 Å². The van der Waals surface area contributed by atoms with Crippen LogP contribution in [0.25, 0.3) is 0 Å². The van der Waals surface area contributed by atoms with Gasteiger partial charge in [0.25, 0.3) is 0 Å². The van der Waals surface area contributed by atoms with Gasteiger partial charge in [-0.2, -0.15) is 13.2 Å².